The molecule has 1 aromatic rings. The van der Waals surface area contributed by atoms with Crippen molar-refractivity contribution in [2.75, 3.05) is 33.7 Å². The Kier molecular flexibility index (Phi) is 6.60. The monoisotopic (exact) mass is 303 g/mol. The number of imidazole rings is 1. The van der Waals surface area contributed by atoms with Crippen molar-refractivity contribution >= 4 is 10.2 Å². The molecule has 0 aromatic carbocycles. The second kappa shape index (κ2) is 7.72. The highest BCUT2D eigenvalue weighted by molar-refractivity contribution is 7.86. The molecule has 0 spiro atoms. The Bertz CT molecular complexity index is 500. The quantitative estimate of drug-likeness (QED) is 0.653. The van der Waals surface area contributed by atoms with Crippen LogP contribution in [-0.2, 0) is 23.8 Å². The van der Waals surface area contributed by atoms with E-state index in [2.05, 4.69) is 10.3 Å². The van der Waals surface area contributed by atoms with E-state index in [1.165, 1.54) is 8.61 Å². The lowest BCUT2D eigenvalue weighted by atomic mass is 10.4. The summed E-state index contributed by atoms with van der Waals surface area (Å²) in [5, 5.41) is 3.18. The summed E-state index contributed by atoms with van der Waals surface area (Å²) in [4.78, 5) is 4.14. The number of aryl methyl sites for hydroxylation is 1. The third-order valence-corrected chi connectivity index (χ3v) is 5.04. The fraction of sp³-hybridized carbons (Fsp3) is 0.750. The molecule has 116 valence electrons. The van der Waals surface area contributed by atoms with E-state index in [0.29, 0.717) is 6.54 Å². The molecular formula is C12H25N5O2S. The van der Waals surface area contributed by atoms with Crippen LogP contribution in [0.25, 0.3) is 0 Å². The Morgan fingerprint density at radius 3 is 2.60 bits per heavy atom. The molecule has 0 aliphatic rings. The summed E-state index contributed by atoms with van der Waals surface area (Å²) < 4.78 is 29.2. The molecule has 7 nitrogen and oxygen atoms in total. The van der Waals surface area contributed by atoms with Gasteiger partial charge in [-0.2, -0.15) is 17.0 Å². The van der Waals surface area contributed by atoms with Crippen LogP contribution >= 0.6 is 0 Å². The Labute approximate surface area is 121 Å². The summed E-state index contributed by atoms with van der Waals surface area (Å²) in [7, 11) is 1.60. The number of hydrogen-bond donors (Lipinski definition) is 1. The van der Waals surface area contributed by atoms with Crippen LogP contribution in [-0.4, -0.2) is 60.3 Å². The predicted octanol–water partition coefficient (Wildman–Crippen LogP) is 0.0281. The number of hydrogen-bond acceptors (Lipinski definition) is 4. The van der Waals surface area contributed by atoms with Crippen LogP contribution in [0, 0.1) is 0 Å². The molecule has 0 saturated carbocycles. The van der Waals surface area contributed by atoms with Gasteiger partial charge < -0.3 is 9.88 Å². The van der Waals surface area contributed by atoms with Gasteiger partial charge in [-0.15, -0.1) is 0 Å². The smallest absolute Gasteiger partial charge is 0.281 e. The van der Waals surface area contributed by atoms with Gasteiger partial charge in [-0.3, -0.25) is 0 Å². The van der Waals surface area contributed by atoms with E-state index < -0.39 is 10.2 Å². The van der Waals surface area contributed by atoms with Gasteiger partial charge in [0.15, 0.2) is 0 Å². The summed E-state index contributed by atoms with van der Waals surface area (Å²) >= 11 is 0. The zero-order valence-corrected chi connectivity index (χ0v) is 13.5. The van der Waals surface area contributed by atoms with Gasteiger partial charge in [-0.1, -0.05) is 6.92 Å². The van der Waals surface area contributed by atoms with E-state index in [1.807, 2.05) is 18.5 Å². The summed E-state index contributed by atoms with van der Waals surface area (Å²) in [5.74, 6) is 0.720. The maximum atomic E-state index is 12.3. The highest BCUT2D eigenvalue weighted by Crippen LogP contribution is 2.08. The van der Waals surface area contributed by atoms with E-state index in [9.17, 15) is 8.42 Å². The van der Waals surface area contributed by atoms with Gasteiger partial charge >= 0.3 is 0 Å². The Morgan fingerprint density at radius 2 is 2.05 bits per heavy atom. The van der Waals surface area contributed by atoms with Gasteiger partial charge in [0.1, 0.15) is 5.82 Å². The van der Waals surface area contributed by atoms with Crippen LogP contribution in [0.1, 0.15) is 19.2 Å². The van der Waals surface area contributed by atoms with Crippen molar-refractivity contribution in [2.45, 2.75) is 19.9 Å². The lowest BCUT2D eigenvalue weighted by Gasteiger charge is -2.24. The largest absolute Gasteiger partial charge is 0.337 e. The Hall–Kier alpha value is -0.960. The molecule has 20 heavy (non-hydrogen) atoms. The molecule has 0 aliphatic carbocycles. The van der Waals surface area contributed by atoms with Crippen molar-refractivity contribution < 1.29 is 8.42 Å². The van der Waals surface area contributed by atoms with Crippen molar-refractivity contribution in [1.82, 2.24) is 23.5 Å². The van der Waals surface area contributed by atoms with Crippen LogP contribution < -0.4 is 5.32 Å². The van der Waals surface area contributed by atoms with Crippen LogP contribution in [0.5, 0.6) is 0 Å². The lowest BCUT2D eigenvalue weighted by Crippen LogP contribution is -2.40. The zero-order valence-electron chi connectivity index (χ0n) is 12.7. The average molecular weight is 303 g/mol. The maximum absolute atomic E-state index is 12.3. The molecule has 0 fully saturated rings. The predicted molar refractivity (Wildman–Crippen MR) is 79.4 cm³/mol. The van der Waals surface area contributed by atoms with Gasteiger partial charge in [-0.05, 0) is 19.5 Å². The van der Waals surface area contributed by atoms with Crippen molar-refractivity contribution in [3.63, 3.8) is 0 Å². The molecule has 1 heterocycles. The average Bonchev–Trinajstić information content (AvgIpc) is 2.80. The summed E-state index contributed by atoms with van der Waals surface area (Å²) in [5.41, 5.74) is 0. The van der Waals surface area contributed by atoms with Gasteiger partial charge in [-0.25, -0.2) is 4.98 Å². The van der Waals surface area contributed by atoms with Crippen LogP contribution in [0.3, 0.4) is 0 Å². The van der Waals surface area contributed by atoms with E-state index in [4.69, 9.17) is 0 Å². The first-order chi connectivity index (χ1) is 9.39. The maximum Gasteiger partial charge on any atom is 0.281 e. The Morgan fingerprint density at radius 1 is 1.35 bits per heavy atom. The molecule has 0 unspecified atom stereocenters. The lowest BCUT2D eigenvalue weighted by molar-refractivity contribution is 0.378. The standard InChI is InChI=1S/C12H25N5O2S/c1-5-13-7-6-9-16(3)20(18,19)17(4)11-12-14-8-10-15(12)2/h8,10,13H,5-7,9,11H2,1-4H3. The van der Waals surface area contributed by atoms with Gasteiger partial charge in [0.05, 0.1) is 6.54 Å². The van der Waals surface area contributed by atoms with Crippen LogP contribution in [0.15, 0.2) is 12.4 Å². The first-order valence-corrected chi connectivity index (χ1v) is 8.13. The summed E-state index contributed by atoms with van der Waals surface area (Å²) in [6.45, 7) is 4.51. The third-order valence-electron chi connectivity index (χ3n) is 3.15. The summed E-state index contributed by atoms with van der Waals surface area (Å²) in [6, 6.07) is 0. The molecule has 1 rings (SSSR count). The Balaban J connectivity index is 2.56. The molecule has 8 heteroatoms. The molecule has 0 saturated heterocycles. The number of aromatic nitrogens is 2. The van der Waals surface area contributed by atoms with Crippen LogP contribution in [0.2, 0.25) is 0 Å². The van der Waals surface area contributed by atoms with Crippen molar-refractivity contribution in [3.8, 4) is 0 Å². The second-order valence-electron chi connectivity index (χ2n) is 4.75. The van der Waals surface area contributed by atoms with E-state index in [0.717, 1.165) is 25.3 Å². The van der Waals surface area contributed by atoms with E-state index in [1.54, 1.807) is 26.5 Å². The fourth-order valence-corrected chi connectivity index (χ4v) is 2.90. The van der Waals surface area contributed by atoms with Gasteiger partial charge in [0.2, 0.25) is 0 Å². The SMILES string of the molecule is CCNCCCN(C)S(=O)(=O)N(C)Cc1nccn1C. The van der Waals surface area contributed by atoms with E-state index in [-0.39, 0.29) is 6.54 Å². The van der Waals surface area contributed by atoms with Crippen molar-refractivity contribution in [2.24, 2.45) is 7.05 Å². The van der Waals surface area contributed by atoms with E-state index >= 15 is 0 Å². The highest BCUT2D eigenvalue weighted by Gasteiger charge is 2.24. The molecule has 0 aliphatic heterocycles. The molecule has 0 amide bonds. The number of rotatable bonds is 9. The third kappa shape index (κ3) is 4.55. The summed E-state index contributed by atoms with van der Waals surface area (Å²) in [6.07, 6.45) is 4.26. The van der Waals surface area contributed by atoms with Crippen molar-refractivity contribution in [1.29, 1.82) is 0 Å². The number of nitrogens with one attached hydrogen (secondary N) is 1. The van der Waals surface area contributed by atoms with Crippen LogP contribution in [0.4, 0.5) is 0 Å². The molecule has 0 radical (unpaired) electrons. The minimum atomic E-state index is -3.43. The molecule has 1 N–H and O–H groups in total. The highest BCUT2D eigenvalue weighted by atomic mass is 32.2. The molecule has 0 bridgehead atoms. The van der Waals surface area contributed by atoms with Gasteiger partial charge in [0, 0.05) is 40.1 Å². The molecule has 0 atom stereocenters. The zero-order chi connectivity index (χ0) is 15.2. The van der Waals surface area contributed by atoms with Crippen molar-refractivity contribution in [3.05, 3.63) is 18.2 Å². The first-order valence-electron chi connectivity index (χ1n) is 6.74. The minimum Gasteiger partial charge on any atom is -0.337 e. The fourth-order valence-electron chi connectivity index (χ4n) is 1.79. The first kappa shape index (κ1) is 17.1. The minimum absolute atomic E-state index is 0.267. The topological polar surface area (TPSA) is 70.5 Å². The van der Waals surface area contributed by atoms with Gasteiger partial charge in [0.25, 0.3) is 10.2 Å². The number of nitrogens with zero attached hydrogens (tertiary/aromatic N) is 4. The normalized spacial score (nSPS) is 12.5. The molecular weight excluding hydrogens is 278 g/mol. The second-order valence-corrected chi connectivity index (χ2v) is 6.89. The molecule has 1 aromatic heterocycles.